The van der Waals surface area contributed by atoms with Crippen molar-refractivity contribution in [3.05, 3.63) is 219 Å². The third kappa shape index (κ3) is 9.18. The molecule has 0 fully saturated rings. The summed E-state index contributed by atoms with van der Waals surface area (Å²) in [5, 5.41) is 0.786. The summed E-state index contributed by atoms with van der Waals surface area (Å²) in [5.41, 5.74) is 9.21. The Kier molecular flexibility index (Phi) is 13.0. The summed E-state index contributed by atoms with van der Waals surface area (Å²) in [6.45, 7) is 3.86. The zero-order valence-corrected chi connectivity index (χ0v) is 33.9. The molecule has 0 heterocycles. The van der Waals surface area contributed by atoms with Crippen molar-refractivity contribution in [2.45, 2.75) is 32.6 Å². The van der Waals surface area contributed by atoms with Crippen LogP contribution in [-0.4, -0.2) is 25.2 Å². The molecule has 4 aromatic rings. The second kappa shape index (κ2) is 18.9. The Morgan fingerprint density at radius 2 is 1.33 bits per heavy atom. The van der Waals surface area contributed by atoms with E-state index in [1.54, 1.807) is 44.2 Å². The molecule has 0 N–H and O–H groups in total. The van der Waals surface area contributed by atoms with E-state index in [1.807, 2.05) is 30.3 Å². The van der Waals surface area contributed by atoms with Crippen molar-refractivity contribution >= 4 is 40.8 Å². The molecule has 0 amide bonds. The van der Waals surface area contributed by atoms with Crippen LogP contribution >= 0.6 is 23.2 Å². The van der Waals surface area contributed by atoms with Gasteiger partial charge in [-0.05, 0) is 115 Å². The second-order valence-electron chi connectivity index (χ2n) is 13.7. The molecule has 5 nitrogen and oxygen atoms in total. The van der Waals surface area contributed by atoms with E-state index in [1.165, 1.54) is 5.56 Å². The highest BCUT2D eigenvalue weighted by Gasteiger charge is 2.25. The van der Waals surface area contributed by atoms with Crippen LogP contribution in [-0.2, 0) is 9.47 Å². The predicted molar refractivity (Wildman–Crippen MR) is 238 cm³/mol. The molecular weight excluding hydrogens is 761 g/mol. The standard InChI is InChI=1S/C51H43Cl2NO4/c1-3-57-50(55)47-34-46(39-30-40(52)32-41(53)31-39)48(51(56)58-4-2)33-45(47)38-25-28-43(29-26-38)54(42-21-15-20-36(24-27-42)35-16-11-7-12-17-35)49-23-14-8-13-22-44(49)37-18-9-5-6-10-19-37/h5-9,11-13,15-34,36H,3-4,10,14H2,1-2H3. The molecule has 1 unspecified atom stereocenters. The minimum atomic E-state index is -0.535. The lowest BCUT2D eigenvalue weighted by atomic mass is 9.90. The minimum Gasteiger partial charge on any atom is -0.462 e. The van der Waals surface area contributed by atoms with Crippen LogP contribution in [0, 0.1) is 0 Å². The lowest BCUT2D eigenvalue weighted by Gasteiger charge is -2.31. The Morgan fingerprint density at radius 3 is 2.02 bits per heavy atom. The summed E-state index contributed by atoms with van der Waals surface area (Å²) in [4.78, 5) is 29.6. The largest absolute Gasteiger partial charge is 0.462 e. The first kappa shape index (κ1) is 40.1. The van der Waals surface area contributed by atoms with Crippen molar-refractivity contribution in [3.8, 4) is 22.3 Å². The van der Waals surface area contributed by atoms with Crippen LogP contribution in [0.4, 0.5) is 5.69 Å². The topological polar surface area (TPSA) is 55.8 Å². The Labute approximate surface area is 350 Å². The van der Waals surface area contributed by atoms with Gasteiger partial charge < -0.3 is 14.4 Å². The van der Waals surface area contributed by atoms with Crippen LogP contribution in [0.1, 0.15) is 58.9 Å². The van der Waals surface area contributed by atoms with Gasteiger partial charge in [0.25, 0.3) is 0 Å². The average Bonchev–Trinajstić information content (AvgIpc) is 3.76. The van der Waals surface area contributed by atoms with Gasteiger partial charge in [0.15, 0.2) is 0 Å². The van der Waals surface area contributed by atoms with Crippen molar-refractivity contribution in [1.82, 2.24) is 0 Å². The highest BCUT2D eigenvalue weighted by Crippen LogP contribution is 2.39. The normalized spacial score (nSPS) is 16.0. The first-order chi connectivity index (χ1) is 28.3. The number of allylic oxidation sites excluding steroid dienone is 15. The van der Waals surface area contributed by atoms with Crippen LogP contribution in [0.5, 0.6) is 0 Å². The number of rotatable bonds is 11. The summed E-state index contributed by atoms with van der Waals surface area (Å²) < 4.78 is 11.1. The number of hydrogen-bond acceptors (Lipinski definition) is 5. The molecule has 7 heteroatoms. The monoisotopic (exact) mass is 803 g/mol. The van der Waals surface area contributed by atoms with E-state index in [0.29, 0.717) is 32.3 Å². The van der Waals surface area contributed by atoms with E-state index in [2.05, 4.69) is 114 Å². The molecule has 7 rings (SSSR count). The molecule has 0 aliphatic heterocycles. The summed E-state index contributed by atoms with van der Waals surface area (Å²) in [5.74, 6) is -0.947. The van der Waals surface area contributed by atoms with E-state index in [0.717, 1.165) is 46.6 Å². The number of ether oxygens (including phenoxy) is 2. The smallest absolute Gasteiger partial charge is 0.338 e. The quantitative estimate of drug-likeness (QED) is 0.141. The molecule has 0 radical (unpaired) electrons. The molecule has 58 heavy (non-hydrogen) atoms. The molecule has 0 bridgehead atoms. The number of nitrogens with zero attached hydrogens (tertiary/aromatic N) is 1. The lowest BCUT2D eigenvalue weighted by molar-refractivity contribution is 0.0513. The van der Waals surface area contributed by atoms with Gasteiger partial charge in [-0.2, -0.15) is 0 Å². The van der Waals surface area contributed by atoms with Gasteiger partial charge in [-0.25, -0.2) is 9.59 Å². The van der Waals surface area contributed by atoms with E-state index in [-0.39, 0.29) is 24.7 Å². The molecule has 1 atom stereocenters. The molecule has 3 aliphatic carbocycles. The van der Waals surface area contributed by atoms with Crippen molar-refractivity contribution < 1.29 is 19.1 Å². The van der Waals surface area contributed by atoms with Crippen LogP contribution in [0.15, 0.2) is 193 Å². The van der Waals surface area contributed by atoms with Gasteiger partial charge >= 0.3 is 11.9 Å². The first-order valence-corrected chi connectivity index (χ1v) is 20.2. The van der Waals surface area contributed by atoms with Crippen molar-refractivity contribution in [2.75, 3.05) is 18.1 Å². The van der Waals surface area contributed by atoms with Crippen LogP contribution < -0.4 is 4.90 Å². The second-order valence-corrected chi connectivity index (χ2v) is 14.6. The third-order valence-corrected chi connectivity index (χ3v) is 10.4. The molecule has 0 aromatic heterocycles. The van der Waals surface area contributed by atoms with Gasteiger partial charge in [0.1, 0.15) is 0 Å². The molecule has 3 aliphatic rings. The summed E-state index contributed by atoms with van der Waals surface area (Å²) in [6.07, 6.45) is 31.9. The van der Waals surface area contributed by atoms with Crippen LogP contribution in [0.25, 0.3) is 22.3 Å². The zero-order valence-electron chi connectivity index (χ0n) is 32.4. The molecule has 0 saturated carbocycles. The predicted octanol–water partition coefficient (Wildman–Crippen LogP) is 13.5. The van der Waals surface area contributed by atoms with Crippen molar-refractivity contribution in [2.24, 2.45) is 0 Å². The molecular formula is C51H43Cl2NO4. The summed E-state index contributed by atoms with van der Waals surface area (Å²) in [7, 11) is 0. The zero-order chi connectivity index (χ0) is 40.4. The Morgan fingerprint density at radius 1 is 0.672 bits per heavy atom. The highest BCUT2D eigenvalue weighted by atomic mass is 35.5. The maximum atomic E-state index is 13.7. The van der Waals surface area contributed by atoms with Gasteiger partial charge in [0, 0.05) is 32.9 Å². The lowest BCUT2D eigenvalue weighted by Crippen LogP contribution is -2.23. The van der Waals surface area contributed by atoms with Gasteiger partial charge in [0.2, 0.25) is 0 Å². The Hall–Kier alpha value is -6.14. The molecule has 0 spiro atoms. The number of anilines is 1. The number of esters is 2. The number of halogens is 2. The third-order valence-electron chi connectivity index (χ3n) is 9.93. The summed E-state index contributed by atoms with van der Waals surface area (Å²) >= 11 is 12.8. The van der Waals surface area contributed by atoms with Gasteiger partial charge in [-0.15, -0.1) is 0 Å². The first-order valence-electron chi connectivity index (χ1n) is 19.5. The van der Waals surface area contributed by atoms with Crippen molar-refractivity contribution in [1.29, 1.82) is 0 Å². The fourth-order valence-corrected chi connectivity index (χ4v) is 7.78. The van der Waals surface area contributed by atoms with Gasteiger partial charge in [0.05, 0.1) is 30.0 Å². The maximum Gasteiger partial charge on any atom is 0.338 e. The number of hydrogen-bond donors (Lipinski definition) is 0. The average molecular weight is 805 g/mol. The van der Waals surface area contributed by atoms with Gasteiger partial charge in [-0.3, -0.25) is 0 Å². The highest BCUT2D eigenvalue weighted by molar-refractivity contribution is 6.35. The molecule has 0 saturated heterocycles. The fraction of sp³-hybridized carbons (Fsp3) is 0.137. The van der Waals surface area contributed by atoms with Gasteiger partial charge in [-0.1, -0.05) is 139 Å². The maximum absolute atomic E-state index is 13.7. The van der Waals surface area contributed by atoms with Crippen LogP contribution in [0.2, 0.25) is 10.0 Å². The van der Waals surface area contributed by atoms with Crippen LogP contribution in [0.3, 0.4) is 0 Å². The van der Waals surface area contributed by atoms with E-state index >= 15 is 0 Å². The van der Waals surface area contributed by atoms with E-state index in [4.69, 9.17) is 32.7 Å². The summed E-state index contributed by atoms with van der Waals surface area (Å²) in [6, 6.07) is 26.9. The fourth-order valence-electron chi connectivity index (χ4n) is 7.25. The Bertz CT molecular complexity index is 2460. The number of carbonyl (C=O) groups is 2. The SMILES string of the molecule is CCOC(=O)c1cc(-c2cc(Cl)cc(Cl)c2)c(C(=O)OCC)cc1-c1ccc(N(C2=CC=CC(c3ccccc3)C=C2)C2=CCC=CC=C2C2=CCC=CC=C2)cc1. The minimum absolute atomic E-state index is 0.110. The molecule has 290 valence electrons. The van der Waals surface area contributed by atoms with Crippen molar-refractivity contribution in [3.63, 3.8) is 0 Å². The van der Waals surface area contributed by atoms with E-state index in [9.17, 15) is 9.59 Å². The number of carbonyl (C=O) groups excluding carboxylic acids is 2. The van der Waals surface area contributed by atoms with E-state index < -0.39 is 11.9 Å². The molecule has 4 aromatic carbocycles. The Balaban J connectivity index is 1.36. The number of benzene rings is 4.